The van der Waals surface area contributed by atoms with Crippen molar-refractivity contribution >= 4 is 22.0 Å². The van der Waals surface area contributed by atoms with Crippen molar-refractivity contribution in [2.75, 3.05) is 19.6 Å². The van der Waals surface area contributed by atoms with Crippen molar-refractivity contribution in [3.05, 3.63) is 0 Å². The minimum Gasteiger partial charge on any atom is -0.444 e. The van der Waals surface area contributed by atoms with Crippen LogP contribution < -0.4 is 5.14 Å². The lowest BCUT2D eigenvalue weighted by molar-refractivity contribution is -0.129. The van der Waals surface area contributed by atoms with Crippen molar-refractivity contribution in [3.63, 3.8) is 0 Å². The van der Waals surface area contributed by atoms with Gasteiger partial charge in [0.1, 0.15) is 10.9 Å². The highest BCUT2D eigenvalue weighted by atomic mass is 32.2. The summed E-state index contributed by atoms with van der Waals surface area (Å²) >= 11 is 0. The second-order valence-electron chi connectivity index (χ2n) is 6.83. The number of hydrogen-bond donors (Lipinski definition) is 1. The van der Waals surface area contributed by atoms with Crippen molar-refractivity contribution in [3.8, 4) is 0 Å². The van der Waals surface area contributed by atoms with Gasteiger partial charge in [0, 0.05) is 26.1 Å². The van der Waals surface area contributed by atoms with Gasteiger partial charge in [0.25, 0.3) is 0 Å². The second kappa shape index (κ2) is 5.69. The molecule has 0 radical (unpaired) electrons. The summed E-state index contributed by atoms with van der Waals surface area (Å²) in [6.07, 6.45) is 0.119. The monoisotopic (exact) mass is 333 g/mol. The maximum atomic E-state index is 12.0. The summed E-state index contributed by atoms with van der Waals surface area (Å²) in [5.74, 6) is -0.227. The first-order valence-corrected chi connectivity index (χ1v) is 8.87. The Balaban J connectivity index is 1.96. The number of nitrogens with zero attached hydrogens (tertiary/aromatic N) is 2. The highest BCUT2D eigenvalue weighted by Gasteiger charge is 2.42. The van der Waals surface area contributed by atoms with Crippen LogP contribution in [-0.4, -0.2) is 66.7 Å². The van der Waals surface area contributed by atoms with E-state index in [0.29, 0.717) is 19.5 Å². The number of carbonyl (C=O) groups excluding carboxylic acids is 2. The first-order valence-electron chi connectivity index (χ1n) is 7.26. The molecule has 2 saturated heterocycles. The van der Waals surface area contributed by atoms with Gasteiger partial charge >= 0.3 is 6.09 Å². The lowest BCUT2D eigenvalue weighted by Gasteiger charge is -2.26. The average Bonchev–Trinajstić information content (AvgIpc) is 2.91. The van der Waals surface area contributed by atoms with Gasteiger partial charge in [-0.05, 0) is 27.2 Å². The minimum absolute atomic E-state index is 0.0816. The molecule has 2 fully saturated rings. The Morgan fingerprint density at radius 3 is 2.45 bits per heavy atom. The van der Waals surface area contributed by atoms with E-state index in [9.17, 15) is 18.0 Å². The van der Waals surface area contributed by atoms with Crippen molar-refractivity contribution < 1.29 is 22.7 Å². The van der Waals surface area contributed by atoms with E-state index in [1.807, 2.05) is 0 Å². The number of sulfonamides is 1. The molecule has 0 aromatic carbocycles. The van der Waals surface area contributed by atoms with E-state index in [0.717, 1.165) is 0 Å². The fraction of sp³-hybridized carbons (Fsp3) is 0.846. The predicted octanol–water partition coefficient (Wildman–Crippen LogP) is -0.115. The lowest BCUT2D eigenvalue weighted by Crippen LogP contribution is -2.42. The molecule has 2 unspecified atom stereocenters. The fourth-order valence-corrected chi connectivity index (χ4v) is 3.50. The van der Waals surface area contributed by atoms with E-state index in [1.165, 1.54) is 4.90 Å². The van der Waals surface area contributed by atoms with Crippen LogP contribution in [0.4, 0.5) is 4.79 Å². The number of nitrogens with two attached hydrogens (primary N) is 1. The first kappa shape index (κ1) is 17.0. The van der Waals surface area contributed by atoms with Crippen molar-refractivity contribution in [1.29, 1.82) is 0 Å². The Bertz CT molecular complexity index is 569. The SMILES string of the molecule is CC(C)(C)OC(=O)N1CCC(N2CC(S(N)(=O)=O)CC2=O)C1. The van der Waals surface area contributed by atoms with Crippen molar-refractivity contribution in [1.82, 2.24) is 9.80 Å². The van der Waals surface area contributed by atoms with E-state index < -0.39 is 27.0 Å². The molecule has 0 aliphatic carbocycles. The normalized spacial score (nSPS) is 26.6. The third-order valence-electron chi connectivity index (χ3n) is 3.84. The Hall–Kier alpha value is -1.35. The number of ether oxygens (including phenoxy) is 1. The molecule has 0 aromatic heterocycles. The maximum absolute atomic E-state index is 12.0. The number of rotatable bonds is 2. The molecule has 2 amide bonds. The van der Waals surface area contributed by atoms with Crippen molar-refractivity contribution in [2.45, 2.75) is 50.5 Å². The molecule has 8 nitrogen and oxygen atoms in total. The molecular formula is C13H23N3O5S. The zero-order valence-electron chi connectivity index (χ0n) is 13.1. The minimum atomic E-state index is -3.72. The van der Waals surface area contributed by atoms with Gasteiger partial charge in [-0.15, -0.1) is 0 Å². The quantitative estimate of drug-likeness (QED) is 0.758. The molecule has 2 aliphatic rings. The van der Waals surface area contributed by atoms with Crippen LogP contribution in [0.15, 0.2) is 0 Å². The van der Waals surface area contributed by atoms with Crippen LogP contribution in [0.2, 0.25) is 0 Å². The van der Waals surface area contributed by atoms with E-state index in [2.05, 4.69) is 0 Å². The van der Waals surface area contributed by atoms with E-state index >= 15 is 0 Å². The lowest BCUT2D eigenvalue weighted by atomic mass is 10.2. The van der Waals surface area contributed by atoms with E-state index in [-0.39, 0.29) is 24.9 Å². The largest absolute Gasteiger partial charge is 0.444 e. The topological polar surface area (TPSA) is 110 Å². The summed E-state index contributed by atoms with van der Waals surface area (Å²) in [6.45, 7) is 6.32. The van der Waals surface area contributed by atoms with Gasteiger partial charge in [0.15, 0.2) is 0 Å². The summed E-state index contributed by atoms with van der Waals surface area (Å²) in [4.78, 5) is 27.1. The van der Waals surface area contributed by atoms with E-state index in [4.69, 9.17) is 9.88 Å². The van der Waals surface area contributed by atoms with Crippen LogP contribution in [0.25, 0.3) is 0 Å². The number of likely N-dealkylation sites (tertiary alicyclic amines) is 2. The molecule has 0 spiro atoms. The van der Waals surface area contributed by atoms with Crippen LogP contribution in [-0.2, 0) is 19.6 Å². The highest BCUT2D eigenvalue weighted by molar-refractivity contribution is 7.89. The Kier molecular flexibility index (Phi) is 4.40. The van der Waals surface area contributed by atoms with Crippen molar-refractivity contribution in [2.24, 2.45) is 5.14 Å². The molecule has 126 valence electrons. The molecule has 22 heavy (non-hydrogen) atoms. The molecule has 2 atom stereocenters. The van der Waals surface area contributed by atoms with Crippen LogP contribution >= 0.6 is 0 Å². The molecule has 0 saturated carbocycles. The Labute approximate surface area is 130 Å². The number of hydrogen-bond acceptors (Lipinski definition) is 5. The third-order valence-corrected chi connectivity index (χ3v) is 5.09. The van der Waals surface area contributed by atoms with Gasteiger partial charge in [0.05, 0.1) is 6.04 Å². The summed E-state index contributed by atoms with van der Waals surface area (Å²) in [6, 6.07) is -0.174. The van der Waals surface area contributed by atoms with Gasteiger partial charge < -0.3 is 14.5 Å². The molecule has 2 rings (SSSR count). The van der Waals surface area contributed by atoms with Gasteiger partial charge in [0.2, 0.25) is 15.9 Å². The van der Waals surface area contributed by atoms with Crippen LogP contribution in [0.5, 0.6) is 0 Å². The second-order valence-corrected chi connectivity index (χ2v) is 8.67. The van der Waals surface area contributed by atoms with Crippen LogP contribution in [0.3, 0.4) is 0 Å². The average molecular weight is 333 g/mol. The Morgan fingerprint density at radius 1 is 1.32 bits per heavy atom. The summed E-state index contributed by atoms with van der Waals surface area (Å²) in [5, 5.41) is 4.27. The molecule has 2 aliphatic heterocycles. The predicted molar refractivity (Wildman–Crippen MR) is 79.4 cm³/mol. The number of amides is 2. The summed E-state index contributed by atoms with van der Waals surface area (Å²) in [5.41, 5.74) is -0.572. The number of primary sulfonamides is 1. The maximum Gasteiger partial charge on any atom is 0.410 e. The standard InChI is InChI=1S/C13H23N3O5S/c1-13(2,3)21-12(18)15-5-4-9(7-15)16-8-10(6-11(16)17)22(14,19)20/h9-10H,4-8H2,1-3H3,(H2,14,19,20). The van der Waals surface area contributed by atoms with Crippen LogP contribution in [0.1, 0.15) is 33.6 Å². The molecular weight excluding hydrogens is 310 g/mol. The van der Waals surface area contributed by atoms with Crippen LogP contribution in [0, 0.1) is 0 Å². The highest BCUT2D eigenvalue weighted by Crippen LogP contribution is 2.25. The summed E-state index contributed by atoms with van der Waals surface area (Å²) < 4.78 is 28.1. The summed E-state index contributed by atoms with van der Waals surface area (Å²) in [7, 11) is -3.72. The molecule has 2 heterocycles. The van der Waals surface area contributed by atoms with Gasteiger partial charge in [-0.3, -0.25) is 4.79 Å². The van der Waals surface area contributed by atoms with Gasteiger partial charge in [-0.2, -0.15) is 0 Å². The molecule has 0 bridgehead atoms. The fourth-order valence-electron chi connectivity index (χ4n) is 2.76. The first-order chi connectivity index (χ1) is 9.97. The zero-order valence-corrected chi connectivity index (χ0v) is 13.9. The zero-order chi connectivity index (χ0) is 16.7. The smallest absolute Gasteiger partial charge is 0.410 e. The molecule has 2 N–H and O–H groups in total. The third kappa shape index (κ3) is 3.89. The van der Waals surface area contributed by atoms with Gasteiger partial charge in [-0.25, -0.2) is 18.4 Å². The molecule has 0 aromatic rings. The van der Waals surface area contributed by atoms with Gasteiger partial charge in [-0.1, -0.05) is 0 Å². The number of carbonyl (C=O) groups is 2. The van der Waals surface area contributed by atoms with E-state index in [1.54, 1.807) is 25.7 Å². The Morgan fingerprint density at radius 2 is 1.95 bits per heavy atom. The molecule has 9 heteroatoms.